The van der Waals surface area contributed by atoms with Crippen LogP contribution >= 0.6 is 0 Å². The molecule has 2 rings (SSSR count). The number of hydrogen-bond acceptors (Lipinski definition) is 3. The van der Waals surface area contributed by atoms with Gasteiger partial charge in [-0.2, -0.15) is 0 Å². The standard InChI is InChI=1S/C17H22O3/c1-2-3-4-5-9-12-15-16(20-15)13-19-17(18)14-10-7-6-8-11-14/h2,6-8,10-11,15-16H,1,3-5,9,12-13H2/t15-,16-/m1/s1. The van der Waals surface area contributed by atoms with E-state index >= 15 is 0 Å². The van der Waals surface area contributed by atoms with E-state index in [1.807, 2.05) is 24.3 Å². The van der Waals surface area contributed by atoms with Crippen molar-refractivity contribution >= 4 is 5.97 Å². The van der Waals surface area contributed by atoms with E-state index in [1.165, 1.54) is 19.3 Å². The highest BCUT2D eigenvalue weighted by Crippen LogP contribution is 2.28. The van der Waals surface area contributed by atoms with Crippen LogP contribution in [0.15, 0.2) is 43.0 Å². The first kappa shape index (κ1) is 14.8. The van der Waals surface area contributed by atoms with Gasteiger partial charge in [0.2, 0.25) is 0 Å². The zero-order chi connectivity index (χ0) is 14.2. The number of esters is 1. The van der Waals surface area contributed by atoms with Crippen LogP contribution in [0.4, 0.5) is 0 Å². The van der Waals surface area contributed by atoms with Crippen molar-refractivity contribution in [1.29, 1.82) is 0 Å². The van der Waals surface area contributed by atoms with E-state index in [-0.39, 0.29) is 18.2 Å². The Morgan fingerprint density at radius 3 is 2.75 bits per heavy atom. The predicted molar refractivity (Wildman–Crippen MR) is 78.7 cm³/mol. The predicted octanol–water partition coefficient (Wildman–Crippen LogP) is 3.75. The van der Waals surface area contributed by atoms with Gasteiger partial charge in [0.1, 0.15) is 12.7 Å². The summed E-state index contributed by atoms with van der Waals surface area (Å²) in [4.78, 5) is 11.7. The summed E-state index contributed by atoms with van der Waals surface area (Å²) >= 11 is 0. The van der Waals surface area contributed by atoms with Gasteiger partial charge in [-0.15, -0.1) is 6.58 Å². The average molecular weight is 274 g/mol. The van der Waals surface area contributed by atoms with Gasteiger partial charge in [0.15, 0.2) is 0 Å². The zero-order valence-electron chi connectivity index (χ0n) is 11.8. The summed E-state index contributed by atoms with van der Waals surface area (Å²) in [6.07, 6.45) is 8.06. The Labute approximate surface area is 120 Å². The Bertz CT molecular complexity index is 427. The first-order chi connectivity index (χ1) is 9.81. The maximum Gasteiger partial charge on any atom is 0.338 e. The third-order valence-corrected chi connectivity index (χ3v) is 3.47. The molecule has 1 saturated heterocycles. The molecule has 0 aromatic heterocycles. The van der Waals surface area contributed by atoms with Crippen LogP contribution in [0, 0.1) is 0 Å². The van der Waals surface area contributed by atoms with Crippen molar-refractivity contribution in [3.63, 3.8) is 0 Å². The van der Waals surface area contributed by atoms with Crippen LogP contribution in [0.5, 0.6) is 0 Å². The van der Waals surface area contributed by atoms with Gasteiger partial charge in [0, 0.05) is 0 Å². The summed E-state index contributed by atoms with van der Waals surface area (Å²) in [7, 11) is 0. The van der Waals surface area contributed by atoms with Gasteiger partial charge in [-0.25, -0.2) is 4.79 Å². The summed E-state index contributed by atoms with van der Waals surface area (Å²) in [6, 6.07) is 9.05. The minimum atomic E-state index is -0.272. The van der Waals surface area contributed by atoms with E-state index in [0.29, 0.717) is 12.2 Å². The Morgan fingerprint density at radius 1 is 1.20 bits per heavy atom. The fourth-order valence-corrected chi connectivity index (χ4v) is 2.21. The molecule has 1 aliphatic heterocycles. The number of carbonyl (C=O) groups is 1. The van der Waals surface area contributed by atoms with Crippen LogP contribution < -0.4 is 0 Å². The van der Waals surface area contributed by atoms with Gasteiger partial charge in [-0.05, 0) is 31.4 Å². The molecular formula is C17H22O3. The first-order valence-electron chi connectivity index (χ1n) is 7.30. The van der Waals surface area contributed by atoms with E-state index in [2.05, 4.69) is 6.58 Å². The van der Waals surface area contributed by atoms with Crippen molar-refractivity contribution in [2.75, 3.05) is 6.61 Å². The lowest BCUT2D eigenvalue weighted by Gasteiger charge is -2.02. The van der Waals surface area contributed by atoms with Gasteiger partial charge < -0.3 is 9.47 Å². The largest absolute Gasteiger partial charge is 0.459 e. The molecule has 1 heterocycles. The average Bonchev–Trinajstić information content (AvgIpc) is 3.24. The van der Waals surface area contributed by atoms with Crippen molar-refractivity contribution in [2.24, 2.45) is 0 Å². The minimum Gasteiger partial charge on any atom is -0.459 e. The van der Waals surface area contributed by atoms with Gasteiger partial charge in [0.05, 0.1) is 11.7 Å². The molecule has 0 spiro atoms. The van der Waals surface area contributed by atoms with E-state index in [4.69, 9.17) is 9.47 Å². The van der Waals surface area contributed by atoms with Crippen LogP contribution in [0.2, 0.25) is 0 Å². The topological polar surface area (TPSA) is 38.8 Å². The molecule has 0 radical (unpaired) electrons. The second-order valence-corrected chi connectivity index (χ2v) is 5.10. The SMILES string of the molecule is C=CCCCCC[C@H]1O[C@@H]1COC(=O)c1ccccc1. The van der Waals surface area contributed by atoms with Crippen LogP contribution in [-0.4, -0.2) is 24.8 Å². The van der Waals surface area contributed by atoms with Gasteiger partial charge in [0.25, 0.3) is 0 Å². The Morgan fingerprint density at radius 2 is 2.00 bits per heavy atom. The molecule has 0 amide bonds. The van der Waals surface area contributed by atoms with Crippen LogP contribution in [0.1, 0.15) is 42.5 Å². The van der Waals surface area contributed by atoms with Crippen LogP contribution in [0.25, 0.3) is 0 Å². The Hall–Kier alpha value is -1.61. The maximum absolute atomic E-state index is 11.7. The Kier molecular flexibility index (Phi) is 5.81. The van der Waals surface area contributed by atoms with E-state index in [0.717, 1.165) is 12.8 Å². The van der Waals surface area contributed by atoms with Crippen molar-refractivity contribution < 1.29 is 14.3 Å². The monoisotopic (exact) mass is 274 g/mol. The fourth-order valence-electron chi connectivity index (χ4n) is 2.21. The van der Waals surface area contributed by atoms with E-state index < -0.39 is 0 Å². The van der Waals surface area contributed by atoms with Crippen LogP contribution in [0.3, 0.4) is 0 Å². The number of benzene rings is 1. The van der Waals surface area contributed by atoms with Crippen molar-refractivity contribution in [3.8, 4) is 0 Å². The number of ether oxygens (including phenoxy) is 2. The third kappa shape index (κ3) is 4.82. The zero-order valence-corrected chi connectivity index (χ0v) is 11.8. The first-order valence-corrected chi connectivity index (χ1v) is 7.30. The van der Waals surface area contributed by atoms with E-state index in [9.17, 15) is 4.79 Å². The molecule has 20 heavy (non-hydrogen) atoms. The molecule has 2 atom stereocenters. The normalized spacial score (nSPS) is 20.4. The molecule has 108 valence electrons. The molecule has 3 heteroatoms. The minimum absolute atomic E-state index is 0.0991. The smallest absolute Gasteiger partial charge is 0.338 e. The molecule has 1 aromatic rings. The summed E-state index contributed by atoms with van der Waals surface area (Å²) in [5.41, 5.74) is 0.592. The van der Waals surface area contributed by atoms with Gasteiger partial charge >= 0.3 is 5.97 Å². The van der Waals surface area contributed by atoms with E-state index in [1.54, 1.807) is 12.1 Å². The van der Waals surface area contributed by atoms with Crippen molar-refractivity contribution in [2.45, 2.75) is 44.3 Å². The third-order valence-electron chi connectivity index (χ3n) is 3.47. The van der Waals surface area contributed by atoms with Crippen LogP contribution in [-0.2, 0) is 9.47 Å². The maximum atomic E-state index is 11.7. The van der Waals surface area contributed by atoms with Gasteiger partial charge in [-0.3, -0.25) is 0 Å². The van der Waals surface area contributed by atoms with Gasteiger partial charge in [-0.1, -0.05) is 37.1 Å². The highest BCUT2D eigenvalue weighted by atomic mass is 16.6. The summed E-state index contributed by atoms with van der Waals surface area (Å²) in [5, 5.41) is 0. The van der Waals surface area contributed by atoms with Crippen molar-refractivity contribution in [3.05, 3.63) is 48.6 Å². The molecule has 0 unspecified atom stereocenters. The second-order valence-electron chi connectivity index (χ2n) is 5.10. The molecule has 1 aliphatic rings. The lowest BCUT2D eigenvalue weighted by atomic mass is 10.1. The lowest BCUT2D eigenvalue weighted by molar-refractivity contribution is 0.0476. The molecule has 0 aliphatic carbocycles. The molecule has 0 N–H and O–H groups in total. The summed E-state index contributed by atoms with van der Waals surface area (Å²) in [5.74, 6) is -0.272. The molecule has 1 fully saturated rings. The quantitative estimate of drug-likeness (QED) is 0.298. The number of allylic oxidation sites excluding steroid dienone is 1. The number of hydrogen-bond donors (Lipinski definition) is 0. The fraction of sp³-hybridized carbons (Fsp3) is 0.471. The molecule has 0 saturated carbocycles. The molecular weight excluding hydrogens is 252 g/mol. The molecule has 3 nitrogen and oxygen atoms in total. The highest BCUT2D eigenvalue weighted by molar-refractivity contribution is 5.89. The van der Waals surface area contributed by atoms with Crippen molar-refractivity contribution in [1.82, 2.24) is 0 Å². The number of rotatable bonds is 9. The Balaban J connectivity index is 1.56. The molecule has 0 bridgehead atoms. The number of carbonyl (C=O) groups excluding carboxylic acids is 1. The lowest BCUT2D eigenvalue weighted by Crippen LogP contribution is -2.11. The summed E-state index contributed by atoms with van der Waals surface area (Å²) in [6.45, 7) is 4.08. The highest BCUT2D eigenvalue weighted by Gasteiger charge is 2.38. The number of epoxide rings is 1. The second kappa shape index (κ2) is 7.85. The summed E-state index contributed by atoms with van der Waals surface area (Å²) < 4.78 is 10.8. The number of unbranched alkanes of at least 4 members (excludes halogenated alkanes) is 3. The molecule has 1 aromatic carbocycles.